The number of hydrogen-bond donors (Lipinski definition) is 2. The number of alkyl halides is 3. The van der Waals surface area contributed by atoms with E-state index in [4.69, 9.17) is 0 Å². The van der Waals surface area contributed by atoms with Gasteiger partial charge in [-0.05, 0) is 54.3 Å². The molecule has 0 radical (unpaired) electrons. The molecule has 152 valence electrons. The zero-order valence-electron chi connectivity index (χ0n) is 15.9. The fraction of sp³-hybridized carbons (Fsp3) is 0.238. The molecule has 2 N–H and O–H groups in total. The maximum absolute atomic E-state index is 13.4. The van der Waals surface area contributed by atoms with Crippen molar-refractivity contribution in [3.05, 3.63) is 70.3 Å². The summed E-state index contributed by atoms with van der Waals surface area (Å²) in [6.07, 6.45) is -2.77. The van der Waals surface area contributed by atoms with E-state index in [-0.39, 0.29) is 11.8 Å². The molecule has 3 rings (SSSR count). The number of benzene rings is 2. The van der Waals surface area contributed by atoms with E-state index in [1.807, 2.05) is 24.3 Å². The van der Waals surface area contributed by atoms with Crippen molar-refractivity contribution in [2.75, 3.05) is 10.6 Å². The normalized spacial score (nSPS) is 12.5. The first kappa shape index (κ1) is 21.1. The lowest BCUT2D eigenvalue weighted by Gasteiger charge is -2.15. The highest BCUT2D eigenvalue weighted by molar-refractivity contribution is 9.10. The van der Waals surface area contributed by atoms with Crippen molar-refractivity contribution in [3.8, 4) is 0 Å². The van der Waals surface area contributed by atoms with E-state index in [2.05, 4.69) is 50.4 Å². The van der Waals surface area contributed by atoms with Gasteiger partial charge >= 0.3 is 6.18 Å². The molecule has 0 bridgehead atoms. The Morgan fingerprint density at radius 1 is 0.966 bits per heavy atom. The molecule has 4 nitrogen and oxygen atoms in total. The number of rotatable bonds is 6. The molecule has 0 spiro atoms. The van der Waals surface area contributed by atoms with Gasteiger partial charge < -0.3 is 10.6 Å². The van der Waals surface area contributed by atoms with Crippen LogP contribution in [0.4, 0.5) is 36.3 Å². The Hall–Kier alpha value is -2.61. The summed E-state index contributed by atoms with van der Waals surface area (Å²) in [6, 6.07) is 14.5. The van der Waals surface area contributed by atoms with Crippen LogP contribution in [-0.2, 0) is 6.18 Å². The summed E-state index contributed by atoms with van der Waals surface area (Å²) < 4.78 is 41.0. The lowest BCUT2D eigenvalue weighted by molar-refractivity contribution is -0.137. The largest absolute Gasteiger partial charge is 0.421 e. The Morgan fingerprint density at radius 3 is 2.14 bits per heavy atom. The van der Waals surface area contributed by atoms with Gasteiger partial charge in [-0.1, -0.05) is 41.9 Å². The lowest BCUT2D eigenvalue weighted by Crippen LogP contribution is -2.12. The van der Waals surface area contributed by atoms with Crippen molar-refractivity contribution in [2.45, 2.75) is 32.4 Å². The quantitative estimate of drug-likeness (QED) is 0.402. The van der Waals surface area contributed by atoms with Gasteiger partial charge in [0.1, 0.15) is 11.4 Å². The van der Waals surface area contributed by atoms with Gasteiger partial charge in [0, 0.05) is 22.0 Å². The molecule has 3 aromatic rings. The monoisotopic (exact) mass is 464 g/mol. The molecule has 0 aliphatic carbocycles. The van der Waals surface area contributed by atoms with Crippen molar-refractivity contribution >= 4 is 39.1 Å². The maximum Gasteiger partial charge on any atom is 0.421 e. The van der Waals surface area contributed by atoms with E-state index >= 15 is 0 Å². The highest BCUT2D eigenvalue weighted by Gasteiger charge is 2.35. The van der Waals surface area contributed by atoms with Gasteiger partial charge in [0.15, 0.2) is 0 Å². The van der Waals surface area contributed by atoms with Crippen LogP contribution in [0, 0.1) is 0 Å². The second-order valence-electron chi connectivity index (χ2n) is 6.64. The first-order valence-electron chi connectivity index (χ1n) is 9.10. The van der Waals surface area contributed by atoms with E-state index in [1.54, 1.807) is 24.3 Å². The second kappa shape index (κ2) is 8.82. The first-order valence-corrected chi connectivity index (χ1v) is 9.89. The highest BCUT2D eigenvalue weighted by atomic mass is 79.9. The molecule has 1 aromatic heterocycles. The Morgan fingerprint density at radius 2 is 1.55 bits per heavy atom. The minimum absolute atomic E-state index is 0.0777. The lowest BCUT2D eigenvalue weighted by atomic mass is 9.99. The van der Waals surface area contributed by atoms with Gasteiger partial charge in [0.05, 0.1) is 0 Å². The summed E-state index contributed by atoms with van der Waals surface area (Å²) in [7, 11) is 0. The maximum atomic E-state index is 13.4. The smallest absolute Gasteiger partial charge is 0.340 e. The predicted molar refractivity (Wildman–Crippen MR) is 113 cm³/mol. The molecule has 1 unspecified atom stereocenters. The molecule has 2 aromatic carbocycles. The van der Waals surface area contributed by atoms with Gasteiger partial charge in [-0.2, -0.15) is 18.2 Å². The number of anilines is 4. The van der Waals surface area contributed by atoms with Crippen LogP contribution in [0.3, 0.4) is 0 Å². The van der Waals surface area contributed by atoms with Gasteiger partial charge in [-0.3, -0.25) is 0 Å². The van der Waals surface area contributed by atoms with Gasteiger partial charge in [-0.25, -0.2) is 4.98 Å². The average Bonchev–Trinajstić information content (AvgIpc) is 2.69. The minimum atomic E-state index is -4.58. The van der Waals surface area contributed by atoms with Crippen LogP contribution in [0.2, 0.25) is 0 Å². The van der Waals surface area contributed by atoms with E-state index in [1.165, 1.54) is 5.56 Å². The average molecular weight is 465 g/mol. The molecular weight excluding hydrogens is 445 g/mol. The van der Waals surface area contributed by atoms with E-state index < -0.39 is 11.7 Å². The van der Waals surface area contributed by atoms with Crippen molar-refractivity contribution in [3.63, 3.8) is 0 Å². The molecule has 0 saturated heterocycles. The minimum Gasteiger partial charge on any atom is -0.340 e. The zero-order chi connectivity index (χ0) is 21.0. The number of nitrogens with one attached hydrogen (secondary N) is 2. The summed E-state index contributed by atoms with van der Waals surface area (Å²) in [5, 5.41) is 5.70. The molecule has 0 saturated carbocycles. The third-order valence-corrected chi connectivity index (χ3v) is 5.08. The van der Waals surface area contributed by atoms with Crippen LogP contribution < -0.4 is 10.6 Å². The van der Waals surface area contributed by atoms with Crippen molar-refractivity contribution in [2.24, 2.45) is 0 Å². The molecule has 0 fully saturated rings. The summed E-state index contributed by atoms with van der Waals surface area (Å²) in [5.74, 6) is 0.204. The van der Waals surface area contributed by atoms with Crippen molar-refractivity contribution in [1.82, 2.24) is 9.97 Å². The second-order valence-corrected chi connectivity index (χ2v) is 7.56. The molecule has 8 heteroatoms. The van der Waals surface area contributed by atoms with E-state index in [9.17, 15) is 13.2 Å². The number of aromatic nitrogens is 2. The molecule has 0 aliphatic heterocycles. The number of hydrogen-bond acceptors (Lipinski definition) is 4. The van der Waals surface area contributed by atoms with Crippen LogP contribution in [0.5, 0.6) is 0 Å². The van der Waals surface area contributed by atoms with E-state index in [0.717, 1.165) is 17.1 Å². The highest BCUT2D eigenvalue weighted by Crippen LogP contribution is 2.35. The van der Waals surface area contributed by atoms with Crippen molar-refractivity contribution in [1.29, 1.82) is 0 Å². The van der Waals surface area contributed by atoms with Crippen LogP contribution in [0.1, 0.15) is 37.3 Å². The van der Waals surface area contributed by atoms with Gasteiger partial charge in [0.2, 0.25) is 5.95 Å². The molecule has 1 atom stereocenters. The Balaban J connectivity index is 1.87. The standard InChI is InChI=1S/C21H20BrF3N4/c1-3-13(2)14-4-8-17(9-5-14)28-20-26-12-18(21(23,24)25)19(29-20)27-16-10-6-15(22)7-11-16/h4-13H,3H2,1-2H3,(H2,26,27,28,29). The third-order valence-electron chi connectivity index (χ3n) is 4.55. The summed E-state index contributed by atoms with van der Waals surface area (Å²) in [4.78, 5) is 7.90. The van der Waals surface area contributed by atoms with Crippen molar-refractivity contribution < 1.29 is 13.2 Å². The van der Waals surface area contributed by atoms with Gasteiger partial charge in [-0.15, -0.1) is 0 Å². The summed E-state index contributed by atoms with van der Waals surface area (Å²) in [6.45, 7) is 4.26. The van der Waals surface area contributed by atoms with Crippen LogP contribution in [0.15, 0.2) is 59.2 Å². The fourth-order valence-electron chi connectivity index (χ4n) is 2.67. The van der Waals surface area contributed by atoms with E-state index in [0.29, 0.717) is 17.3 Å². The van der Waals surface area contributed by atoms with Crippen LogP contribution in [0.25, 0.3) is 0 Å². The Kier molecular flexibility index (Phi) is 6.42. The number of halogens is 4. The topological polar surface area (TPSA) is 49.8 Å². The SMILES string of the molecule is CCC(C)c1ccc(Nc2ncc(C(F)(F)F)c(Nc3ccc(Br)cc3)n2)cc1. The molecule has 29 heavy (non-hydrogen) atoms. The van der Waals surface area contributed by atoms with Crippen LogP contribution >= 0.6 is 15.9 Å². The van der Waals surface area contributed by atoms with Gasteiger partial charge in [0.25, 0.3) is 0 Å². The van der Waals surface area contributed by atoms with Crippen LogP contribution in [-0.4, -0.2) is 9.97 Å². The molecule has 1 heterocycles. The Bertz CT molecular complexity index is 957. The molecular formula is C21H20BrF3N4. The molecule has 0 amide bonds. The Labute approximate surface area is 175 Å². The third kappa shape index (κ3) is 5.47. The summed E-state index contributed by atoms with van der Waals surface area (Å²) in [5.41, 5.74) is 1.45. The predicted octanol–water partition coefficient (Wildman–Crippen LogP) is 7.26. The number of nitrogens with zero attached hydrogens (tertiary/aromatic N) is 2. The first-order chi connectivity index (χ1) is 13.8. The fourth-order valence-corrected chi connectivity index (χ4v) is 2.94. The molecule has 0 aliphatic rings. The zero-order valence-corrected chi connectivity index (χ0v) is 17.5. The summed E-state index contributed by atoms with van der Waals surface area (Å²) >= 11 is 3.30.